The Balaban J connectivity index is 2.17. The molecular formula is C14H24N4O. The first-order valence-corrected chi connectivity index (χ1v) is 7.13. The van der Waals surface area contributed by atoms with Gasteiger partial charge in [0.2, 0.25) is 0 Å². The first-order chi connectivity index (χ1) is 9.04. The van der Waals surface area contributed by atoms with Gasteiger partial charge >= 0.3 is 0 Å². The molecule has 0 saturated heterocycles. The van der Waals surface area contributed by atoms with Gasteiger partial charge in [-0.3, -0.25) is 9.48 Å². The van der Waals surface area contributed by atoms with Crippen molar-refractivity contribution in [2.45, 2.75) is 52.1 Å². The molecule has 19 heavy (non-hydrogen) atoms. The lowest BCUT2D eigenvalue weighted by atomic mass is 9.96. The highest BCUT2D eigenvalue weighted by atomic mass is 16.2. The summed E-state index contributed by atoms with van der Waals surface area (Å²) >= 11 is 0. The second kappa shape index (κ2) is 5.33. The fourth-order valence-corrected chi connectivity index (χ4v) is 2.43. The Morgan fingerprint density at radius 3 is 2.74 bits per heavy atom. The lowest BCUT2D eigenvalue weighted by Gasteiger charge is -2.29. The highest BCUT2D eigenvalue weighted by Crippen LogP contribution is 2.39. The molecule has 0 spiro atoms. The molecule has 0 bridgehead atoms. The Morgan fingerprint density at radius 1 is 1.58 bits per heavy atom. The van der Waals surface area contributed by atoms with E-state index in [2.05, 4.69) is 10.4 Å². The minimum atomic E-state index is -0.285. The molecule has 1 aromatic rings. The Hall–Kier alpha value is -1.36. The van der Waals surface area contributed by atoms with Gasteiger partial charge in [0.15, 0.2) is 0 Å². The molecule has 1 unspecified atom stereocenters. The van der Waals surface area contributed by atoms with E-state index in [1.165, 1.54) is 0 Å². The number of hydrogen-bond donors (Lipinski definition) is 2. The number of aryl methyl sites for hydroxylation is 2. The van der Waals surface area contributed by atoms with Crippen molar-refractivity contribution in [1.29, 1.82) is 0 Å². The molecule has 0 radical (unpaired) electrons. The van der Waals surface area contributed by atoms with Crippen LogP contribution in [-0.2, 0) is 13.0 Å². The Morgan fingerprint density at radius 2 is 2.26 bits per heavy atom. The van der Waals surface area contributed by atoms with Crippen molar-refractivity contribution in [2.75, 3.05) is 6.54 Å². The van der Waals surface area contributed by atoms with Gasteiger partial charge in [-0.25, -0.2) is 0 Å². The zero-order valence-electron chi connectivity index (χ0n) is 12.1. The van der Waals surface area contributed by atoms with E-state index in [0.717, 1.165) is 25.0 Å². The van der Waals surface area contributed by atoms with Crippen LogP contribution in [0.25, 0.3) is 0 Å². The van der Waals surface area contributed by atoms with E-state index in [1.807, 2.05) is 26.8 Å². The average molecular weight is 264 g/mol. The van der Waals surface area contributed by atoms with Gasteiger partial charge in [-0.2, -0.15) is 5.10 Å². The van der Waals surface area contributed by atoms with E-state index in [-0.39, 0.29) is 11.4 Å². The average Bonchev–Trinajstić information content (AvgIpc) is 3.18. The SMILES string of the molecule is CCc1cc(C(=O)NC(C)(CN)C2CC2)n(CC)n1. The summed E-state index contributed by atoms with van der Waals surface area (Å²) in [7, 11) is 0. The molecule has 1 fully saturated rings. The third kappa shape index (κ3) is 2.81. The molecule has 1 atom stereocenters. The normalized spacial score (nSPS) is 18.1. The fraction of sp³-hybridized carbons (Fsp3) is 0.714. The van der Waals surface area contributed by atoms with Crippen molar-refractivity contribution >= 4 is 5.91 Å². The van der Waals surface area contributed by atoms with Crippen LogP contribution in [0.1, 0.15) is 49.8 Å². The first-order valence-electron chi connectivity index (χ1n) is 7.13. The third-order valence-electron chi connectivity index (χ3n) is 4.03. The smallest absolute Gasteiger partial charge is 0.270 e. The molecule has 106 valence electrons. The lowest BCUT2D eigenvalue weighted by molar-refractivity contribution is 0.0886. The van der Waals surface area contributed by atoms with E-state index in [0.29, 0.717) is 24.7 Å². The number of nitrogens with two attached hydrogens (primary N) is 1. The number of carbonyl (C=O) groups is 1. The number of hydrogen-bond acceptors (Lipinski definition) is 3. The maximum absolute atomic E-state index is 12.4. The van der Waals surface area contributed by atoms with Crippen LogP contribution in [0.5, 0.6) is 0 Å². The number of rotatable bonds is 6. The number of aromatic nitrogens is 2. The largest absolute Gasteiger partial charge is 0.344 e. The number of nitrogens with one attached hydrogen (secondary N) is 1. The molecule has 1 saturated carbocycles. The van der Waals surface area contributed by atoms with Crippen molar-refractivity contribution in [3.8, 4) is 0 Å². The molecule has 1 aliphatic rings. The predicted octanol–water partition coefficient (Wildman–Crippen LogP) is 1.32. The van der Waals surface area contributed by atoms with E-state index >= 15 is 0 Å². The van der Waals surface area contributed by atoms with Crippen LogP contribution in [0.15, 0.2) is 6.07 Å². The van der Waals surface area contributed by atoms with Crippen LogP contribution in [0.4, 0.5) is 0 Å². The highest BCUT2D eigenvalue weighted by Gasteiger charge is 2.42. The zero-order chi connectivity index (χ0) is 14.0. The van der Waals surface area contributed by atoms with Gasteiger partial charge in [-0.15, -0.1) is 0 Å². The van der Waals surface area contributed by atoms with Crippen molar-refractivity contribution < 1.29 is 4.79 Å². The van der Waals surface area contributed by atoms with E-state index in [4.69, 9.17) is 5.73 Å². The molecule has 5 heteroatoms. The van der Waals surface area contributed by atoms with Crippen LogP contribution in [0, 0.1) is 5.92 Å². The molecule has 0 aliphatic heterocycles. The third-order valence-corrected chi connectivity index (χ3v) is 4.03. The Labute approximate surface area is 114 Å². The van der Waals surface area contributed by atoms with Crippen molar-refractivity contribution in [3.05, 3.63) is 17.5 Å². The molecule has 3 N–H and O–H groups in total. The van der Waals surface area contributed by atoms with Gasteiger partial charge in [0.05, 0.1) is 11.2 Å². The predicted molar refractivity (Wildman–Crippen MR) is 74.9 cm³/mol. The van der Waals surface area contributed by atoms with Crippen LogP contribution in [0.3, 0.4) is 0 Å². The van der Waals surface area contributed by atoms with Gasteiger partial charge < -0.3 is 11.1 Å². The minimum Gasteiger partial charge on any atom is -0.344 e. The van der Waals surface area contributed by atoms with Gasteiger partial charge in [-0.1, -0.05) is 6.92 Å². The summed E-state index contributed by atoms with van der Waals surface area (Å²) in [5.74, 6) is 0.457. The lowest BCUT2D eigenvalue weighted by Crippen LogP contribution is -2.53. The summed E-state index contributed by atoms with van der Waals surface area (Å²) in [6.45, 7) is 7.25. The van der Waals surface area contributed by atoms with Crippen LogP contribution in [0.2, 0.25) is 0 Å². The molecular weight excluding hydrogens is 240 g/mol. The number of carbonyl (C=O) groups excluding carboxylic acids is 1. The van der Waals surface area contributed by atoms with E-state index in [9.17, 15) is 4.79 Å². The maximum Gasteiger partial charge on any atom is 0.270 e. The van der Waals surface area contributed by atoms with Gasteiger partial charge in [0.1, 0.15) is 5.69 Å². The first kappa shape index (κ1) is 14.1. The summed E-state index contributed by atoms with van der Waals surface area (Å²) in [4.78, 5) is 12.4. The quantitative estimate of drug-likeness (QED) is 0.814. The van der Waals surface area contributed by atoms with Crippen LogP contribution < -0.4 is 11.1 Å². The molecule has 1 aliphatic carbocycles. The molecule has 1 amide bonds. The van der Waals surface area contributed by atoms with Gasteiger partial charge in [0, 0.05) is 13.1 Å². The standard InChI is InChI=1S/C14H24N4O/c1-4-11-8-12(18(5-2)17-11)13(19)16-14(3,9-15)10-6-7-10/h8,10H,4-7,9,15H2,1-3H3,(H,16,19). The minimum absolute atomic E-state index is 0.0612. The van der Waals surface area contributed by atoms with E-state index < -0.39 is 0 Å². The van der Waals surface area contributed by atoms with Crippen LogP contribution >= 0.6 is 0 Å². The highest BCUT2D eigenvalue weighted by molar-refractivity contribution is 5.93. The number of nitrogens with zero attached hydrogens (tertiary/aromatic N) is 2. The van der Waals surface area contributed by atoms with Crippen molar-refractivity contribution in [2.24, 2.45) is 11.7 Å². The summed E-state index contributed by atoms with van der Waals surface area (Å²) in [5.41, 5.74) is 7.14. The van der Waals surface area contributed by atoms with Gasteiger partial charge in [-0.05, 0) is 45.1 Å². The molecule has 1 aromatic heterocycles. The summed E-state index contributed by atoms with van der Waals surface area (Å²) in [6, 6.07) is 1.88. The topological polar surface area (TPSA) is 72.9 Å². The zero-order valence-corrected chi connectivity index (χ0v) is 12.1. The molecule has 0 aromatic carbocycles. The molecule has 2 rings (SSSR count). The van der Waals surface area contributed by atoms with Crippen molar-refractivity contribution in [3.63, 3.8) is 0 Å². The van der Waals surface area contributed by atoms with Crippen molar-refractivity contribution in [1.82, 2.24) is 15.1 Å². The number of amides is 1. The second-order valence-corrected chi connectivity index (χ2v) is 5.54. The fourth-order valence-electron chi connectivity index (χ4n) is 2.43. The Bertz CT molecular complexity index is 464. The van der Waals surface area contributed by atoms with Crippen LogP contribution in [-0.4, -0.2) is 27.8 Å². The maximum atomic E-state index is 12.4. The second-order valence-electron chi connectivity index (χ2n) is 5.54. The molecule has 5 nitrogen and oxygen atoms in total. The summed E-state index contributed by atoms with van der Waals surface area (Å²) < 4.78 is 1.76. The monoisotopic (exact) mass is 264 g/mol. The van der Waals surface area contributed by atoms with E-state index in [1.54, 1.807) is 4.68 Å². The Kier molecular flexibility index (Phi) is 3.94. The summed E-state index contributed by atoms with van der Waals surface area (Å²) in [6.07, 6.45) is 3.15. The van der Waals surface area contributed by atoms with Gasteiger partial charge in [0.25, 0.3) is 5.91 Å². The summed E-state index contributed by atoms with van der Waals surface area (Å²) in [5, 5.41) is 7.52. The molecule has 1 heterocycles.